The Morgan fingerprint density at radius 1 is 0.842 bits per heavy atom. The van der Waals surface area contributed by atoms with E-state index in [1.807, 2.05) is 0 Å². The Bertz CT molecular complexity index is 770. The molecule has 0 aliphatic rings. The first kappa shape index (κ1) is 12.3. The van der Waals surface area contributed by atoms with Crippen molar-refractivity contribution in [3.8, 4) is 0 Å². The van der Waals surface area contributed by atoms with E-state index in [1.54, 1.807) is 0 Å². The van der Waals surface area contributed by atoms with Gasteiger partial charge in [-0.2, -0.15) is 0 Å². The standard InChI is InChI=1S/C18H21N/c1-12-6-8-14-15-11-13(18(2,3)4)7-9-16(15)19(5)17(14)10-12/h6-11H,1-5H3. The summed E-state index contributed by atoms with van der Waals surface area (Å²) in [5.41, 5.74) is 5.54. The molecule has 0 N–H and O–H groups in total. The van der Waals surface area contributed by atoms with E-state index >= 15 is 0 Å². The molecule has 0 radical (unpaired) electrons. The molecule has 0 aliphatic heterocycles. The van der Waals surface area contributed by atoms with Crippen molar-refractivity contribution in [3.05, 3.63) is 47.5 Å². The summed E-state index contributed by atoms with van der Waals surface area (Å²) in [6, 6.07) is 13.6. The van der Waals surface area contributed by atoms with Crippen LogP contribution in [0, 0.1) is 6.92 Å². The largest absolute Gasteiger partial charge is 0.344 e. The third-order valence-corrected chi connectivity index (χ3v) is 4.03. The predicted octanol–water partition coefficient (Wildman–Crippen LogP) is 4.94. The molecule has 1 aromatic heterocycles. The van der Waals surface area contributed by atoms with E-state index in [1.165, 1.54) is 32.9 Å². The molecule has 3 rings (SSSR count). The second-order valence-electron chi connectivity index (χ2n) is 6.56. The summed E-state index contributed by atoms with van der Waals surface area (Å²) >= 11 is 0. The molecule has 0 spiro atoms. The van der Waals surface area contributed by atoms with Crippen LogP contribution >= 0.6 is 0 Å². The van der Waals surface area contributed by atoms with Crippen LogP contribution in [-0.2, 0) is 12.5 Å². The highest BCUT2D eigenvalue weighted by molar-refractivity contribution is 6.08. The van der Waals surface area contributed by atoms with Gasteiger partial charge in [-0.1, -0.05) is 39.0 Å². The van der Waals surface area contributed by atoms with Crippen LogP contribution in [0.2, 0.25) is 0 Å². The van der Waals surface area contributed by atoms with Crippen molar-refractivity contribution < 1.29 is 0 Å². The number of aromatic nitrogens is 1. The maximum Gasteiger partial charge on any atom is 0.0491 e. The van der Waals surface area contributed by atoms with Crippen LogP contribution in [0.5, 0.6) is 0 Å². The first-order chi connectivity index (χ1) is 8.88. The van der Waals surface area contributed by atoms with E-state index in [9.17, 15) is 0 Å². The SMILES string of the molecule is Cc1ccc2c3cc(C(C)(C)C)ccc3n(C)c2c1. The smallest absolute Gasteiger partial charge is 0.0491 e. The van der Waals surface area contributed by atoms with Gasteiger partial charge in [0.2, 0.25) is 0 Å². The van der Waals surface area contributed by atoms with Crippen LogP contribution in [0.4, 0.5) is 0 Å². The maximum atomic E-state index is 2.35. The second kappa shape index (κ2) is 3.86. The van der Waals surface area contributed by atoms with Crippen molar-refractivity contribution in [2.75, 3.05) is 0 Å². The summed E-state index contributed by atoms with van der Waals surface area (Å²) in [7, 11) is 2.15. The van der Waals surface area contributed by atoms with Crippen molar-refractivity contribution in [1.82, 2.24) is 4.57 Å². The zero-order chi connectivity index (χ0) is 13.8. The predicted molar refractivity (Wildman–Crippen MR) is 83.9 cm³/mol. The van der Waals surface area contributed by atoms with E-state index in [0.29, 0.717) is 0 Å². The Balaban J connectivity index is 2.43. The molecule has 0 fully saturated rings. The third kappa shape index (κ3) is 1.85. The monoisotopic (exact) mass is 251 g/mol. The molecule has 0 bridgehead atoms. The number of rotatable bonds is 0. The van der Waals surface area contributed by atoms with Gasteiger partial charge in [0.1, 0.15) is 0 Å². The molecular weight excluding hydrogens is 230 g/mol. The zero-order valence-corrected chi connectivity index (χ0v) is 12.4. The summed E-state index contributed by atoms with van der Waals surface area (Å²) in [5.74, 6) is 0. The molecule has 0 amide bonds. The molecule has 1 heteroatoms. The summed E-state index contributed by atoms with van der Waals surface area (Å²) in [5, 5.41) is 2.72. The number of nitrogens with zero attached hydrogens (tertiary/aromatic N) is 1. The zero-order valence-electron chi connectivity index (χ0n) is 12.4. The summed E-state index contributed by atoms with van der Waals surface area (Å²) in [6.45, 7) is 8.95. The minimum atomic E-state index is 0.195. The minimum Gasteiger partial charge on any atom is -0.344 e. The van der Waals surface area contributed by atoms with Crippen molar-refractivity contribution in [2.24, 2.45) is 7.05 Å². The maximum absolute atomic E-state index is 2.35. The molecular formula is C18H21N. The quantitative estimate of drug-likeness (QED) is 0.533. The fraction of sp³-hybridized carbons (Fsp3) is 0.333. The number of fused-ring (bicyclic) bond motifs is 3. The van der Waals surface area contributed by atoms with Gasteiger partial charge in [0, 0.05) is 28.9 Å². The van der Waals surface area contributed by atoms with Crippen molar-refractivity contribution in [1.29, 1.82) is 0 Å². The summed E-state index contributed by atoms with van der Waals surface area (Å²) < 4.78 is 2.30. The third-order valence-electron chi connectivity index (χ3n) is 4.03. The fourth-order valence-electron chi connectivity index (χ4n) is 2.79. The van der Waals surface area contributed by atoms with Gasteiger partial charge in [-0.15, -0.1) is 0 Å². The van der Waals surface area contributed by atoms with E-state index in [4.69, 9.17) is 0 Å². The van der Waals surface area contributed by atoms with Gasteiger partial charge in [0.15, 0.2) is 0 Å². The molecule has 0 saturated heterocycles. The van der Waals surface area contributed by atoms with Crippen LogP contribution in [0.3, 0.4) is 0 Å². The molecule has 0 saturated carbocycles. The highest BCUT2D eigenvalue weighted by Gasteiger charge is 2.16. The topological polar surface area (TPSA) is 4.93 Å². The van der Waals surface area contributed by atoms with Gasteiger partial charge in [-0.25, -0.2) is 0 Å². The molecule has 0 unspecified atom stereocenters. The van der Waals surface area contributed by atoms with Gasteiger partial charge in [-0.05, 0) is 41.7 Å². The van der Waals surface area contributed by atoms with Crippen LogP contribution in [-0.4, -0.2) is 4.57 Å². The Morgan fingerprint density at radius 2 is 1.58 bits per heavy atom. The van der Waals surface area contributed by atoms with Crippen LogP contribution < -0.4 is 0 Å². The first-order valence-electron chi connectivity index (χ1n) is 6.87. The molecule has 98 valence electrons. The average Bonchev–Trinajstić information content (AvgIpc) is 2.61. The first-order valence-corrected chi connectivity index (χ1v) is 6.87. The van der Waals surface area contributed by atoms with Crippen LogP contribution in [0.15, 0.2) is 36.4 Å². The Labute approximate surface area is 114 Å². The Kier molecular flexibility index (Phi) is 2.50. The normalized spacial score (nSPS) is 12.5. The lowest BCUT2D eigenvalue weighted by atomic mass is 9.86. The molecule has 19 heavy (non-hydrogen) atoms. The molecule has 1 nitrogen and oxygen atoms in total. The van der Waals surface area contributed by atoms with E-state index in [2.05, 4.69) is 75.7 Å². The highest BCUT2D eigenvalue weighted by Crippen LogP contribution is 2.32. The summed E-state index contributed by atoms with van der Waals surface area (Å²) in [6.07, 6.45) is 0. The van der Waals surface area contributed by atoms with E-state index < -0.39 is 0 Å². The minimum absolute atomic E-state index is 0.195. The number of benzene rings is 2. The summed E-state index contributed by atoms with van der Waals surface area (Å²) in [4.78, 5) is 0. The lowest BCUT2D eigenvalue weighted by Crippen LogP contribution is -2.10. The van der Waals surface area contributed by atoms with Crippen LogP contribution in [0.1, 0.15) is 31.9 Å². The van der Waals surface area contributed by atoms with Crippen molar-refractivity contribution in [2.45, 2.75) is 33.1 Å². The Hall–Kier alpha value is -1.76. The molecule has 0 atom stereocenters. The average molecular weight is 251 g/mol. The van der Waals surface area contributed by atoms with Gasteiger partial charge < -0.3 is 4.57 Å². The fourth-order valence-corrected chi connectivity index (χ4v) is 2.79. The molecule has 3 aromatic rings. The highest BCUT2D eigenvalue weighted by atomic mass is 14.9. The van der Waals surface area contributed by atoms with E-state index in [0.717, 1.165) is 0 Å². The molecule has 0 aliphatic carbocycles. The van der Waals surface area contributed by atoms with Crippen molar-refractivity contribution in [3.63, 3.8) is 0 Å². The number of hydrogen-bond acceptors (Lipinski definition) is 0. The van der Waals surface area contributed by atoms with Crippen LogP contribution in [0.25, 0.3) is 21.8 Å². The Morgan fingerprint density at radius 3 is 2.26 bits per heavy atom. The van der Waals surface area contributed by atoms with Crippen molar-refractivity contribution >= 4 is 21.8 Å². The molecule has 1 heterocycles. The lowest BCUT2D eigenvalue weighted by molar-refractivity contribution is 0.591. The van der Waals surface area contributed by atoms with Gasteiger partial charge in [0.25, 0.3) is 0 Å². The lowest BCUT2D eigenvalue weighted by Gasteiger charge is -2.19. The molecule has 2 aromatic carbocycles. The van der Waals surface area contributed by atoms with Gasteiger partial charge in [-0.3, -0.25) is 0 Å². The number of hydrogen-bond donors (Lipinski definition) is 0. The van der Waals surface area contributed by atoms with Gasteiger partial charge >= 0.3 is 0 Å². The number of aryl methyl sites for hydroxylation is 2. The second-order valence-corrected chi connectivity index (χ2v) is 6.56. The van der Waals surface area contributed by atoms with E-state index in [-0.39, 0.29) is 5.41 Å². The van der Waals surface area contributed by atoms with Gasteiger partial charge in [0.05, 0.1) is 0 Å².